The molecule has 1 aliphatic carbocycles. The summed E-state index contributed by atoms with van der Waals surface area (Å²) < 4.78 is 5.25. The SMILES string of the molecule is CCSc1ccccc1C(=O)O[C@@H](C)C(=O)NC1CC1. The Morgan fingerprint density at radius 1 is 1.40 bits per heavy atom. The second-order valence-corrected chi connectivity index (χ2v) is 6.07. The number of amides is 1. The van der Waals surface area contributed by atoms with Crippen LogP contribution in [-0.4, -0.2) is 29.8 Å². The van der Waals surface area contributed by atoms with Gasteiger partial charge in [-0.3, -0.25) is 4.79 Å². The molecular formula is C15H19NO3S. The molecule has 0 unspecified atom stereocenters. The van der Waals surface area contributed by atoms with Crippen molar-refractivity contribution in [2.45, 2.75) is 43.7 Å². The third kappa shape index (κ3) is 4.00. The number of carbonyl (C=O) groups is 2. The van der Waals surface area contributed by atoms with Crippen LogP contribution in [0.1, 0.15) is 37.0 Å². The minimum Gasteiger partial charge on any atom is -0.449 e. The molecule has 1 aromatic carbocycles. The van der Waals surface area contributed by atoms with Crippen molar-refractivity contribution in [2.75, 3.05) is 5.75 Å². The first-order chi connectivity index (χ1) is 9.61. The van der Waals surface area contributed by atoms with E-state index >= 15 is 0 Å². The molecule has 1 aromatic rings. The molecule has 1 saturated carbocycles. The number of esters is 1. The lowest BCUT2D eigenvalue weighted by atomic mass is 10.2. The van der Waals surface area contributed by atoms with Gasteiger partial charge in [0.05, 0.1) is 5.56 Å². The fourth-order valence-corrected chi connectivity index (χ4v) is 2.53. The van der Waals surface area contributed by atoms with Gasteiger partial charge < -0.3 is 10.1 Å². The van der Waals surface area contributed by atoms with Crippen LogP contribution in [0.4, 0.5) is 0 Å². The van der Waals surface area contributed by atoms with E-state index in [4.69, 9.17) is 4.74 Å². The first-order valence-electron chi connectivity index (χ1n) is 6.85. The topological polar surface area (TPSA) is 55.4 Å². The van der Waals surface area contributed by atoms with E-state index in [2.05, 4.69) is 5.32 Å². The Bertz CT molecular complexity index is 500. The van der Waals surface area contributed by atoms with Gasteiger partial charge in [0.25, 0.3) is 5.91 Å². The van der Waals surface area contributed by atoms with Crippen molar-refractivity contribution in [1.82, 2.24) is 5.32 Å². The average Bonchev–Trinajstić information content (AvgIpc) is 3.23. The van der Waals surface area contributed by atoms with Crippen molar-refractivity contribution in [3.05, 3.63) is 29.8 Å². The quantitative estimate of drug-likeness (QED) is 0.647. The second kappa shape index (κ2) is 6.79. The molecule has 4 nitrogen and oxygen atoms in total. The van der Waals surface area contributed by atoms with E-state index in [1.165, 1.54) is 0 Å². The van der Waals surface area contributed by atoms with Crippen molar-refractivity contribution >= 4 is 23.6 Å². The molecule has 0 heterocycles. The summed E-state index contributed by atoms with van der Waals surface area (Å²) in [5.74, 6) is 0.212. The average molecular weight is 293 g/mol. The van der Waals surface area contributed by atoms with Gasteiger partial charge in [0.1, 0.15) is 0 Å². The van der Waals surface area contributed by atoms with Crippen LogP contribution in [0.3, 0.4) is 0 Å². The van der Waals surface area contributed by atoms with Crippen molar-refractivity contribution < 1.29 is 14.3 Å². The van der Waals surface area contributed by atoms with Gasteiger partial charge >= 0.3 is 5.97 Å². The number of thioether (sulfide) groups is 1. The van der Waals surface area contributed by atoms with Crippen LogP contribution in [0.15, 0.2) is 29.2 Å². The molecule has 5 heteroatoms. The van der Waals surface area contributed by atoms with Crippen molar-refractivity contribution in [3.8, 4) is 0 Å². The van der Waals surface area contributed by atoms with Gasteiger partial charge in [-0.25, -0.2) is 4.79 Å². The molecule has 1 amide bonds. The van der Waals surface area contributed by atoms with E-state index in [-0.39, 0.29) is 11.9 Å². The lowest BCUT2D eigenvalue weighted by Crippen LogP contribution is -2.37. The zero-order valence-electron chi connectivity index (χ0n) is 11.7. The van der Waals surface area contributed by atoms with Crippen LogP contribution < -0.4 is 5.32 Å². The Morgan fingerprint density at radius 3 is 2.75 bits per heavy atom. The third-order valence-electron chi connectivity index (χ3n) is 2.98. The molecule has 1 aliphatic rings. The van der Waals surface area contributed by atoms with Crippen LogP contribution >= 0.6 is 11.8 Å². The van der Waals surface area contributed by atoms with E-state index in [1.54, 1.807) is 30.8 Å². The molecular weight excluding hydrogens is 274 g/mol. The Balaban J connectivity index is 1.98. The smallest absolute Gasteiger partial charge is 0.340 e. The maximum Gasteiger partial charge on any atom is 0.340 e. The van der Waals surface area contributed by atoms with Crippen LogP contribution in [0, 0.1) is 0 Å². The first-order valence-corrected chi connectivity index (χ1v) is 7.83. The van der Waals surface area contributed by atoms with Gasteiger partial charge in [-0.05, 0) is 37.7 Å². The minimum atomic E-state index is -0.761. The molecule has 1 fully saturated rings. The highest BCUT2D eigenvalue weighted by atomic mass is 32.2. The number of carbonyl (C=O) groups excluding carboxylic acids is 2. The Hall–Kier alpha value is -1.49. The maximum absolute atomic E-state index is 12.1. The van der Waals surface area contributed by atoms with Gasteiger partial charge in [-0.1, -0.05) is 19.1 Å². The zero-order valence-corrected chi connectivity index (χ0v) is 12.5. The summed E-state index contributed by atoms with van der Waals surface area (Å²) in [4.78, 5) is 24.8. The standard InChI is InChI=1S/C15H19NO3S/c1-3-20-13-7-5-4-6-12(13)15(18)19-10(2)14(17)16-11-8-9-11/h4-7,10-11H,3,8-9H2,1-2H3,(H,16,17)/t10-/m0/s1. The summed E-state index contributed by atoms with van der Waals surface area (Å²) in [6, 6.07) is 7.57. The normalized spacial score (nSPS) is 15.5. The van der Waals surface area contributed by atoms with Crippen LogP contribution in [0.5, 0.6) is 0 Å². The summed E-state index contributed by atoms with van der Waals surface area (Å²) in [7, 11) is 0. The molecule has 108 valence electrons. The van der Waals surface area contributed by atoms with Crippen molar-refractivity contribution in [3.63, 3.8) is 0 Å². The van der Waals surface area contributed by atoms with E-state index in [1.807, 2.05) is 19.1 Å². The molecule has 0 spiro atoms. The summed E-state index contributed by atoms with van der Waals surface area (Å²) in [5.41, 5.74) is 0.519. The fourth-order valence-electron chi connectivity index (χ4n) is 1.74. The highest BCUT2D eigenvalue weighted by molar-refractivity contribution is 7.99. The highest BCUT2D eigenvalue weighted by Gasteiger charge is 2.27. The number of nitrogens with one attached hydrogen (secondary N) is 1. The Labute approximate surface area is 123 Å². The Morgan fingerprint density at radius 2 is 2.10 bits per heavy atom. The first kappa shape index (κ1) is 14.9. The largest absolute Gasteiger partial charge is 0.449 e. The highest BCUT2D eigenvalue weighted by Crippen LogP contribution is 2.23. The monoisotopic (exact) mass is 293 g/mol. The maximum atomic E-state index is 12.1. The predicted octanol–water partition coefficient (Wildman–Crippen LogP) is 2.62. The van der Waals surface area contributed by atoms with Gasteiger partial charge in [0.2, 0.25) is 0 Å². The minimum absolute atomic E-state index is 0.221. The second-order valence-electron chi connectivity index (χ2n) is 4.76. The third-order valence-corrected chi connectivity index (χ3v) is 3.94. The van der Waals surface area contributed by atoms with E-state index in [0.29, 0.717) is 5.56 Å². The molecule has 0 aliphatic heterocycles. The number of rotatable bonds is 6. The lowest BCUT2D eigenvalue weighted by Gasteiger charge is -2.14. The molecule has 1 atom stereocenters. The molecule has 2 rings (SSSR count). The molecule has 20 heavy (non-hydrogen) atoms. The molecule has 0 bridgehead atoms. The summed E-state index contributed by atoms with van der Waals surface area (Å²) >= 11 is 1.58. The number of benzene rings is 1. The van der Waals surface area contributed by atoms with E-state index in [0.717, 1.165) is 23.5 Å². The fraction of sp³-hybridized carbons (Fsp3) is 0.467. The van der Waals surface area contributed by atoms with E-state index < -0.39 is 12.1 Å². The van der Waals surface area contributed by atoms with Gasteiger partial charge in [-0.2, -0.15) is 0 Å². The van der Waals surface area contributed by atoms with Crippen LogP contribution in [0.2, 0.25) is 0 Å². The summed E-state index contributed by atoms with van der Waals surface area (Å²) in [5, 5.41) is 2.83. The molecule has 0 radical (unpaired) electrons. The van der Waals surface area contributed by atoms with Gasteiger partial charge in [-0.15, -0.1) is 11.8 Å². The van der Waals surface area contributed by atoms with Crippen LogP contribution in [-0.2, 0) is 9.53 Å². The molecule has 1 N–H and O–H groups in total. The zero-order chi connectivity index (χ0) is 14.5. The van der Waals surface area contributed by atoms with Gasteiger partial charge in [0, 0.05) is 10.9 Å². The van der Waals surface area contributed by atoms with Gasteiger partial charge in [0.15, 0.2) is 6.10 Å². The number of hydrogen-bond donors (Lipinski definition) is 1. The number of ether oxygens (including phenoxy) is 1. The predicted molar refractivity (Wildman–Crippen MR) is 78.9 cm³/mol. The Kier molecular flexibility index (Phi) is 5.06. The summed E-state index contributed by atoms with van der Waals surface area (Å²) in [6.45, 7) is 3.63. The molecule has 0 saturated heterocycles. The summed E-state index contributed by atoms with van der Waals surface area (Å²) in [6.07, 6.45) is 1.27. The van der Waals surface area contributed by atoms with Crippen molar-refractivity contribution in [2.24, 2.45) is 0 Å². The number of hydrogen-bond acceptors (Lipinski definition) is 4. The molecule has 0 aromatic heterocycles. The lowest BCUT2D eigenvalue weighted by molar-refractivity contribution is -0.129. The van der Waals surface area contributed by atoms with E-state index in [9.17, 15) is 9.59 Å². The van der Waals surface area contributed by atoms with Crippen LogP contribution in [0.25, 0.3) is 0 Å². The van der Waals surface area contributed by atoms with Crippen molar-refractivity contribution in [1.29, 1.82) is 0 Å².